The number of pyridine rings is 1. The summed E-state index contributed by atoms with van der Waals surface area (Å²) in [5.74, 6) is 0.0115. The van der Waals surface area contributed by atoms with Crippen LogP contribution in [0.25, 0.3) is 0 Å². The first kappa shape index (κ1) is 16.9. The highest BCUT2D eigenvalue weighted by Crippen LogP contribution is 2.28. The average Bonchev–Trinajstić information content (AvgIpc) is 2.44. The van der Waals surface area contributed by atoms with Crippen LogP contribution in [0.2, 0.25) is 0 Å². The van der Waals surface area contributed by atoms with Crippen LogP contribution in [0.4, 0.5) is 11.5 Å². The van der Waals surface area contributed by atoms with Gasteiger partial charge in [-0.3, -0.25) is 10.1 Å². The minimum Gasteiger partial charge on any atom is -0.464 e. The van der Waals surface area contributed by atoms with Crippen LogP contribution >= 0.6 is 0 Å². The summed E-state index contributed by atoms with van der Waals surface area (Å²) in [5, 5.41) is 11.1. The third kappa shape index (κ3) is 4.14. The van der Waals surface area contributed by atoms with Gasteiger partial charge < -0.3 is 9.64 Å². The molecule has 0 aliphatic carbocycles. The van der Waals surface area contributed by atoms with Gasteiger partial charge in [0.1, 0.15) is 0 Å². The van der Waals surface area contributed by atoms with Gasteiger partial charge in [0.2, 0.25) is 5.82 Å². The summed E-state index contributed by atoms with van der Waals surface area (Å²) in [7, 11) is 2.99. The first-order valence-corrected chi connectivity index (χ1v) is 6.74. The molecular formula is C14H21N3O4. The molecule has 0 fully saturated rings. The lowest BCUT2D eigenvalue weighted by Gasteiger charge is -2.27. The first-order valence-electron chi connectivity index (χ1n) is 6.74. The molecule has 1 rings (SSSR count). The van der Waals surface area contributed by atoms with Gasteiger partial charge in [-0.2, -0.15) is 0 Å². The first-order chi connectivity index (χ1) is 9.77. The summed E-state index contributed by atoms with van der Waals surface area (Å²) in [6.45, 7) is 6.13. The Kier molecular flexibility index (Phi) is 5.63. The van der Waals surface area contributed by atoms with Crippen molar-refractivity contribution in [1.82, 2.24) is 4.98 Å². The van der Waals surface area contributed by atoms with Crippen molar-refractivity contribution in [2.75, 3.05) is 19.1 Å². The minimum atomic E-state index is -0.615. The van der Waals surface area contributed by atoms with Gasteiger partial charge >= 0.3 is 11.7 Å². The van der Waals surface area contributed by atoms with Crippen LogP contribution < -0.4 is 4.90 Å². The molecule has 0 saturated heterocycles. The second-order valence-corrected chi connectivity index (χ2v) is 5.38. The maximum absolute atomic E-state index is 11.5. The number of esters is 1. The van der Waals surface area contributed by atoms with E-state index in [4.69, 9.17) is 0 Å². The number of carbonyl (C=O) groups is 1. The van der Waals surface area contributed by atoms with Crippen LogP contribution in [0.15, 0.2) is 12.1 Å². The molecule has 1 atom stereocenters. The summed E-state index contributed by atoms with van der Waals surface area (Å²) < 4.78 is 4.61. The smallest absolute Gasteiger partial charge is 0.356 e. The van der Waals surface area contributed by atoms with Crippen LogP contribution in [0.1, 0.15) is 37.7 Å². The summed E-state index contributed by atoms with van der Waals surface area (Å²) >= 11 is 0. The number of carbonyl (C=O) groups excluding carboxylic acids is 1. The summed E-state index contributed by atoms with van der Waals surface area (Å²) in [4.78, 5) is 28.0. The van der Waals surface area contributed by atoms with E-state index >= 15 is 0 Å². The van der Waals surface area contributed by atoms with Crippen molar-refractivity contribution in [3.05, 3.63) is 27.9 Å². The molecule has 1 aromatic heterocycles. The van der Waals surface area contributed by atoms with E-state index in [9.17, 15) is 14.9 Å². The number of hydrogen-bond acceptors (Lipinski definition) is 6. The summed E-state index contributed by atoms with van der Waals surface area (Å²) in [6.07, 6.45) is 0.859. The van der Waals surface area contributed by atoms with Gasteiger partial charge in [-0.05, 0) is 25.3 Å². The molecule has 0 aromatic carbocycles. The van der Waals surface area contributed by atoms with E-state index in [0.29, 0.717) is 5.92 Å². The Morgan fingerprint density at radius 1 is 1.43 bits per heavy atom. The Labute approximate surface area is 124 Å². The highest BCUT2D eigenvalue weighted by molar-refractivity contribution is 5.88. The molecule has 0 spiro atoms. The molecule has 1 aromatic rings. The number of nitrogens with zero attached hydrogens (tertiary/aromatic N) is 3. The monoisotopic (exact) mass is 295 g/mol. The maximum Gasteiger partial charge on any atom is 0.356 e. The molecule has 1 unspecified atom stereocenters. The number of nitro groups is 1. The molecule has 7 nitrogen and oxygen atoms in total. The zero-order valence-corrected chi connectivity index (χ0v) is 13.0. The molecule has 0 aliphatic heterocycles. The molecule has 1 heterocycles. The quantitative estimate of drug-likeness (QED) is 0.455. The molecule has 0 N–H and O–H groups in total. The SMILES string of the molecule is COC(=O)c1ccc([N+](=O)[O-])c(N(C)C(C)CC(C)C)n1. The number of aromatic nitrogens is 1. The van der Waals surface area contributed by atoms with Gasteiger partial charge in [0.15, 0.2) is 5.69 Å². The normalized spacial score (nSPS) is 12.1. The third-order valence-electron chi connectivity index (χ3n) is 3.25. The lowest BCUT2D eigenvalue weighted by atomic mass is 10.0. The van der Waals surface area contributed by atoms with E-state index in [1.165, 1.54) is 19.2 Å². The van der Waals surface area contributed by atoms with E-state index in [1.807, 2.05) is 6.92 Å². The molecule has 0 saturated carbocycles. The van der Waals surface area contributed by atoms with E-state index in [-0.39, 0.29) is 23.2 Å². The predicted molar refractivity (Wildman–Crippen MR) is 79.6 cm³/mol. The fourth-order valence-corrected chi connectivity index (χ4v) is 2.11. The van der Waals surface area contributed by atoms with Gasteiger partial charge in [-0.1, -0.05) is 13.8 Å². The standard InChI is InChI=1S/C14H21N3O4/c1-9(2)8-10(3)16(4)13-12(17(19)20)7-6-11(15-13)14(18)21-5/h6-7,9-10H,8H2,1-5H3. The van der Waals surface area contributed by atoms with Gasteiger partial charge in [0.25, 0.3) is 0 Å². The van der Waals surface area contributed by atoms with Crippen molar-refractivity contribution < 1.29 is 14.5 Å². The molecule has 0 amide bonds. The van der Waals surface area contributed by atoms with Gasteiger partial charge in [-0.15, -0.1) is 0 Å². The van der Waals surface area contributed by atoms with Crippen molar-refractivity contribution in [1.29, 1.82) is 0 Å². The summed E-state index contributed by atoms with van der Waals surface area (Å²) in [5.41, 5.74) is -0.0672. The third-order valence-corrected chi connectivity index (χ3v) is 3.25. The largest absolute Gasteiger partial charge is 0.464 e. The fourth-order valence-electron chi connectivity index (χ4n) is 2.11. The zero-order chi connectivity index (χ0) is 16.2. The Hall–Kier alpha value is -2.18. The summed E-state index contributed by atoms with van der Waals surface area (Å²) in [6, 6.07) is 2.64. The van der Waals surface area contributed by atoms with Crippen LogP contribution in [0.3, 0.4) is 0 Å². The lowest BCUT2D eigenvalue weighted by molar-refractivity contribution is -0.384. The van der Waals surface area contributed by atoms with E-state index in [2.05, 4.69) is 23.6 Å². The Morgan fingerprint density at radius 3 is 2.52 bits per heavy atom. The zero-order valence-electron chi connectivity index (χ0n) is 13.0. The van der Waals surface area contributed by atoms with Crippen LogP contribution in [0, 0.1) is 16.0 Å². The van der Waals surface area contributed by atoms with Gasteiger partial charge in [0.05, 0.1) is 12.0 Å². The van der Waals surface area contributed by atoms with E-state index < -0.39 is 10.9 Å². The molecule has 7 heteroatoms. The van der Waals surface area contributed by atoms with Crippen molar-refractivity contribution in [3.8, 4) is 0 Å². The van der Waals surface area contributed by atoms with Crippen LogP contribution in [-0.2, 0) is 4.74 Å². The second kappa shape index (κ2) is 7.01. The Balaban J connectivity index is 3.22. The van der Waals surface area contributed by atoms with Crippen molar-refractivity contribution in [2.45, 2.75) is 33.2 Å². The molecular weight excluding hydrogens is 274 g/mol. The lowest BCUT2D eigenvalue weighted by Crippen LogP contribution is -2.31. The number of ether oxygens (including phenoxy) is 1. The highest BCUT2D eigenvalue weighted by Gasteiger charge is 2.24. The molecule has 0 bridgehead atoms. The van der Waals surface area contributed by atoms with Crippen molar-refractivity contribution in [2.24, 2.45) is 5.92 Å². The molecule has 0 radical (unpaired) electrons. The number of anilines is 1. The predicted octanol–water partition coefficient (Wildman–Crippen LogP) is 2.65. The molecule has 116 valence electrons. The topological polar surface area (TPSA) is 85.6 Å². The van der Waals surface area contributed by atoms with Crippen LogP contribution in [0.5, 0.6) is 0 Å². The number of hydrogen-bond donors (Lipinski definition) is 0. The Bertz CT molecular complexity index is 531. The Morgan fingerprint density at radius 2 is 2.05 bits per heavy atom. The van der Waals surface area contributed by atoms with Crippen molar-refractivity contribution in [3.63, 3.8) is 0 Å². The molecule has 21 heavy (non-hydrogen) atoms. The van der Waals surface area contributed by atoms with Crippen LogP contribution in [-0.4, -0.2) is 36.1 Å². The highest BCUT2D eigenvalue weighted by atomic mass is 16.6. The van der Waals surface area contributed by atoms with E-state index in [1.54, 1.807) is 11.9 Å². The second-order valence-electron chi connectivity index (χ2n) is 5.38. The fraction of sp³-hybridized carbons (Fsp3) is 0.571. The average molecular weight is 295 g/mol. The molecule has 0 aliphatic rings. The number of methoxy groups -OCH3 is 1. The van der Waals surface area contributed by atoms with Gasteiger partial charge in [0, 0.05) is 19.2 Å². The minimum absolute atomic E-state index is 0.0571. The number of rotatable bonds is 6. The van der Waals surface area contributed by atoms with Crippen molar-refractivity contribution >= 4 is 17.5 Å². The van der Waals surface area contributed by atoms with E-state index in [0.717, 1.165) is 6.42 Å². The maximum atomic E-state index is 11.5. The van der Waals surface area contributed by atoms with Gasteiger partial charge in [-0.25, -0.2) is 9.78 Å².